The molecule has 0 bridgehead atoms. The van der Waals surface area contributed by atoms with E-state index in [1.165, 1.54) is 6.21 Å². The normalized spacial score (nSPS) is 10.7. The molecule has 3 N–H and O–H groups in total. The van der Waals surface area contributed by atoms with Gasteiger partial charge in [0.05, 0.1) is 17.5 Å². The van der Waals surface area contributed by atoms with Gasteiger partial charge in [-0.25, -0.2) is 5.43 Å². The van der Waals surface area contributed by atoms with Crippen LogP contribution in [-0.4, -0.2) is 23.9 Å². The Balaban J connectivity index is 1.41. The molecule has 0 atom stereocenters. The van der Waals surface area contributed by atoms with E-state index in [9.17, 15) is 14.4 Å². The van der Waals surface area contributed by atoms with Gasteiger partial charge in [-0.3, -0.25) is 14.4 Å². The molecule has 0 aliphatic heterocycles. The standard InChI is InChI=1S/C27H22N4O3/c1-18-13-15-21(16-14-18)29-25(32)23-11-4-5-12-24(23)30-26(33)27(34)31-28-17-20-9-6-8-19-7-2-3-10-22(19)20/h2-17H,1H3,(H,29,32)(H,30,33)(H,31,34). The molecular formula is C27H22N4O3. The highest BCUT2D eigenvalue weighted by molar-refractivity contribution is 6.40. The number of fused-ring (bicyclic) bond motifs is 1. The molecule has 0 saturated heterocycles. The van der Waals surface area contributed by atoms with Gasteiger partial charge >= 0.3 is 11.8 Å². The average Bonchev–Trinajstić information content (AvgIpc) is 2.85. The van der Waals surface area contributed by atoms with Crippen LogP contribution < -0.4 is 16.1 Å². The van der Waals surface area contributed by atoms with Crippen LogP contribution in [0.3, 0.4) is 0 Å². The molecule has 0 aromatic heterocycles. The number of rotatable bonds is 5. The molecule has 0 aliphatic rings. The molecule has 0 aliphatic carbocycles. The van der Waals surface area contributed by atoms with Gasteiger partial charge in [-0.15, -0.1) is 0 Å². The summed E-state index contributed by atoms with van der Waals surface area (Å²) in [6.07, 6.45) is 1.48. The smallest absolute Gasteiger partial charge is 0.322 e. The number of aryl methyl sites for hydroxylation is 1. The monoisotopic (exact) mass is 450 g/mol. The summed E-state index contributed by atoms with van der Waals surface area (Å²) in [7, 11) is 0. The summed E-state index contributed by atoms with van der Waals surface area (Å²) < 4.78 is 0. The Morgan fingerprint density at radius 2 is 1.44 bits per heavy atom. The van der Waals surface area contributed by atoms with E-state index in [1.54, 1.807) is 36.4 Å². The fourth-order valence-corrected chi connectivity index (χ4v) is 3.38. The molecule has 4 rings (SSSR count). The van der Waals surface area contributed by atoms with Crippen molar-refractivity contribution in [1.82, 2.24) is 5.43 Å². The number of para-hydroxylation sites is 1. The SMILES string of the molecule is Cc1ccc(NC(=O)c2ccccc2NC(=O)C(=O)NN=Cc2cccc3ccccc23)cc1. The van der Waals surface area contributed by atoms with Crippen LogP contribution in [0.2, 0.25) is 0 Å². The highest BCUT2D eigenvalue weighted by Crippen LogP contribution is 2.18. The van der Waals surface area contributed by atoms with E-state index in [4.69, 9.17) is 0 Å². The van der Waals surface area contributed by atoms with E-state index in [0.717, 1.165) is 21.9 Å². The van der Waals surface area contributed by atoms with Gasteiger partial charge in [-0.1, -0.05) is 72.3 Å². The predicted molar refractivity (Wildman–Crippen MR) is 134 cm³/mol. The largest absolute Gasteiger partial charge is 0.329 e. The van der Waals surface area contributed by atoms with Crippen molar-refractivity contribution in [3.05, 3.63) is 108 Å². The lowest BCUT2D eigenvalue weighted by Gasteiger charge is -2.11. The van der Waals surface area contributed by atoms with Gasteiger partial charge in [-0.05, 0) is 42.0 Å². The van der Waals surface area contributed by atoms with Crippen LogP contribution in [-0.2, 0) is 9.59 Å². The second-order valence-electron chi connectivity index (χ2n) is 7.59. The second kappa shape index (κ2) is 10.2. The molecule has 4 aromatic rings. The molecule has 168 valence electrons. The van der Waals surface area contributed by atoms with Crippen LogP contribution in [0.5, 0.6) is 0 Å². The molecular weight excluding hydrogens is 428 g/mol. The molecule has 34 heavy (non-hydrogen) atoms. The van der Waals surface area contributed by atoms with E-state index in [-0.39, 0.29) is 11.3 Å². The van der Waals surface area contributed by atoms with Crippen molar-refractivity contribution in [2.45, 2.75) is 6.92 Å². The number of hydrazone groups is 1. The molecule has 4 aromatic carbocycles. The average molecular weight is 450 g/mol. The summed E-state index contributed by atoms with van der Waals surface area (Å²) in [4.78, 5) is 37.4. The fourth-order valence-electron chi connectivity index (χ4n) is 3.38. The highest BCUT2D eigenvalue weighted by Gasteiger charge is 2.17. The third-order valence-corrected chi connectivity index (χ3v) is 5.13. The maximum atomic E-state index is 12.7. The lowest BCUT2D eigenvalue weighted by atomic mass is 10.1. The number of carbonyl (C=O) groups is 3. The Morgan fingerprint density at radius 3 is 2.26 bits per heavy atom. The number of amides is 3. The summed E-state index contributed by atoms with van der Waals surface area (Å²) >= 11 is 0. The molecule has 7 nitrogen and oxygen atoms in total. The molecule has 3 amide bonds. The molecule has 0 fully saturated rings. The van der Waals surface area contributed by atoms with E-state index in [1.807, 2.05) is 61.5 Å². The first-order valence-corrected chi connectivity index (χ1v) is 10.6. The van der Waals surface area contributed by atoms with Gasteiger partial charge in [0.2, 0.25) is 0 Å². The van der Waals surface area contributed by atoms with E-state index < -0.39 is 17.7 Å². The molecule has 0 radical (unpaired) electrons. The van der Waals surface area contributed by atoms with Gasteiger partial charge in [0.15, 0.2) is 0 Å². The number of carbonyl (C=O) groups excluding carboxylic acids is 3. The first-order chi connectivity index (χ1) is 16.5. The fraction of sp³-hybridized carbons (Fsp3) is 0.0370. The highest BCUT2D eigenvalue weighted by atomic mass is 16.2. The second-order valence-corrected chi connectivity index (χ2v) is 7.59. The third-order valence-electron chi connectivity index (χ3n) is 5.13. The number of benzene rings is 4. The number of hydrogen-bond acceptors (Lipinski definition) is 4. The van der Waals surface area contributed by atoms with Crippen LogP contribution in [0.4, 0.5) is 11.4 Å². The summed E-state index contributed by atoms with van der Waals surface area (Å²) in [6, 6.07) is 27.3. The number of nitrogens with one attached hydrogen (secondary N) is 3. The zero-order valence-corrected chi connectivity index (χ0v) is 18.4. The maximum absolute atomic E-state index is 12.7. The zero-order chi connectivity index (χ0) is 23.9. The first-order valence-electron chi connectivity index (χ1n) is 10.6. The zero-order valence-electron chi connectivity index (χ0n) is 18.4. The van der Waals surface area contributed by atoms with Crippen molar-refractivity contribution >= 4 is 46.1 Å². The van der Waals surface area contributed by atoms with Gasteiger partial charge in [0.25, 0.3) is 5.91 Å². The molecule has 0 saturated carbocycles. The minimum absolute atomic E-state index is 0.213. The van der Waals surface area contributed by atoms with Gasteiger partial charge < -0.3 is 10.6 Å². The Morgan fingerprint density at radius 1 is 0.735 bits per heavy atom. The van der Waals surface area contributed by atoms with Gasteiger partial charge in [-0.2, -0.15) is 5.10 Å². The van der Waals surface area contributed by atoms with Crippen molar-refractivity contribution < 1.29 is 14.4 Å². The van der Waals surface area contributed by atoms with Crippen molar-refractivity contribution in [3.63, 3.8) is 0 Å². The van der Waals surface area contributed by atoms with Crippen molar-refractivity contribution in [3.8, 4) is 0 Å². The molecule has 0 spiro atoms. The van der Waals surface area contributed by atoms with Crippen molar-refractivity contribution in [2.75, 3.05) is 10.6 Å². The lowest BCUT2D eigenvalue weighted by Crippen LogP contribution is -2.33. The van der Waals surface area contributed by atoms with Crippen LogP contribution in [0, 0.1) is 6.92 Å². The Kier molecular flexibility index (Phi) is 6.74. The first kappa shape index (κ1) is 22.4. The quantitative estimate of drug-likeness (QED) is 0.237. The maximum Gasteiger partial charge on any atom is 0.329 e. The van der Waals surface area contributed by atoms with Gasteiger partial charge in [0, 0.05) is 11.3 Å². The summed E-state index contributed by atoms with van der Waals surface area (Å²) in [5, 5.41) is 11.2. The Bertz CT molecular complexity index is 1390. The number of anilines is 2. The summed E-state index contributed by atoms with van der Waals surface area (Å²) in [6.45, 7) is 1.95. The minimum Gasteiger partial charge on any atom is -0.322 e. The summed E-state index contributed by atoms with van der Waals surface area (Å²) in [5.74, 6) is -2.30. The number of nitrogens with zero attached hydrogens (tertiary/aromatic N) is 1. The Hall–Kier alpha value is -4.78. The topological polar surface area (TPSA) is 99.7 Å². The molecule has 0 heterocycles. The lowest BCUT2D eigenvalue weighted by molar-refractivity contribution is -0.136. The Labute approximate surface area is 196 Å². The van der Waals surface area contributed by atoms with E-state index >= 15 is 0 Å². The van der Waals surface area contributed by atoms with Crippen LogP contribution in [0.15, 0.2) is 96.1 Å². The van der Waals surface area contributed by atoms with Crippen molar-refractivity contribution in [2.24, 2.45) is 5.10 Å². The van der Waals surface area contributed by atoms with E-state index in [2.05, 4.69) is 21.2 Å². The van der Waals surface area contributed by atoms with E-state index in [0.29, 0.717) is 5.69 Å². The molecule has 0 unspecified atom stereocenters. The third kappa shape index (κ3) is 5.34. The molecule has 7 heteroatoms. The minimum atomic E-state index is -0.953. The predicted octanol–water partition coefficient (Wildman–Crippen LogP) is 4.49. The number of hydrogen-bond donors (Lipinski definition) is 3. The van der Waals surface area contributed by atoms with Crippen LogP contribution >= 0.6 is 0 Å². The van der Waals surface area contributed by atoms with Crippen molar-refractivity contribution in [1.29, 1.82) is 0 Å². The van der Waals surface area contributed by atoms with Gasteiger partial charge in [0.1, 0.15) is 0 Å². The summed E-state index contributed by atoms with van der Waals surface area (Å²) in [5.41, 5.74) is 5.16. The van der Waals surface area contributed by atoms with Crippen LogP contribution in [0.1, 0.15) is 21.5 Å². The van der Waals surface area contributed by atoms with Crippen LogP contribution in [0.25, 0.3) is 10.8 Å².